The van der Waals surface area contributed by atoms with Gasteiger partial charge < -0.3 is 19.5 Å². The van der Waals surface area contributed by atoms with Gasteiger partial charge in [-0.1, -0.05) is 0 Å². The molecule has 3 aliphatic rings. The van der Waals surface area contributed by atoms with Crippen LogP contribution in [0, 0.1) is 11.3 Å². The number of nitrogens with one attached hydrogen (secondary N) is 1. The first-order chi connectivity index (χ1) is 12.2. The predicted octanol–water partition coefficient (Wildman–Crippen LogP) is 2.19. The van der Waals surface area contributed by atoms with Crippen molar-refractivity contribution in [3.05, 3.63) is 24.2 Å². The van der Waals surface area contributed by atoms with E-state index in [2.05, 4.69) is 17.1 Å². The van der Waals surface area contributed by atoms with Crippen LogP contribution < -0.4 is 5.32 Å². The highest BCUT2D eigenvalue weighted by Crippen LogP contribution is 2.61. The van der Waals surface area contributed by atoms with Crippen LogP contribution in [0.1, 0.15) is 43.2 Å². The minimum atomic E-state index is -0.0164. The molecule has 1 aliphatic heterocycles. The number of furan rings is 1. The van der Waals surface area contributed by atoms with Gasteiger partial charge in [0.2, 0.25) is 0 Å². The molecule has 0 atom stereocenters. The third kappa shape index (κ3) is 3.53. The molecular formula is C19H28N4O2. The van der Waals surface area contributed by atoms with Crippen LogP contribution in [0.5, 0.6) is 0 Å². The first kappa shape index (κ1) is 16.5. The molecule has 3 fully saturated rings. The summed E-state index contributed by atoms with van der Waals surface area (Å²) in [6.45, 7) is 6.99. The molecule has 2 aliphatic carbocycles. The minimum Gasteiger partial charge on any atom is -0.459 e. The van der Waals surface area contributed by atoms with Crippen molar-refractivity contribution in [2.45, 2.75) is 32.6 Å². The van der Waals surface area contributed by atoms with Crippen molar-refractivity contribution < 1.29 is 9.21 Å². The fourth-order valence-electron chi connectivity index (χ4n) is 3.89. The number of carbonyl (C=O) groups excluding carboxylic acids is 1. The van der Waals surface area contributed by atoms with Gasteiger partial charge in [0, 0.05) is 39.3 Å². The Morgan fingerprint density at radius 3 is 2.56 bits per heavy atom. The first-order valence-electron chi connectivity index (χ1n) is 9.58. The van der Waals surface area contributed by atoms with E-state index in [1.165, 1.54) is 25.7 Å². The summed E-state index contributed by atoms with van der Waals surface area (Å²) in [4.78, 5) is 21.5. The zero-order valence-electron chi connectivity index (χ0n) is 15.0. The van der Waals surface area contributed by atoms with E-state index in [0.717, 1.165) is 38.1 Å². The average Bonchev–Trinajstić information content (AvgIpc) is 3.56. The molecule has 4 rings (SSSR count). The molecule has 1 amide bonds. The van der Waals surface area contributed by atoms with Crippen molar-refractivity contribution in [2.75, 3.05) is 39.3 Å². The molecule has 6 heteroatoms. The number of piperazine rings is 1. The second-order valence-corrected chi connectivity index (χ2v) is 7.56. The highest BCUT2D eigenvalue weighted by molar-refractivity contribution is 5.91. The summed E-state index contributed by atoms with van der Waals surface area (Å²) in [5, 5.41) is 3.44. The van der Waals surface area contributed by atoms with Gasteiger partial charge in [-0.25, -0.2) is 0 Å². The van der Waals surface area contributed by atoms with E-state index < -0.39 is 0 Å². The summed E-state index contributed by atoms with van der Waals surface area (Å²) < 4.78 is 5.23. The van der Waals surface area contributed by atoms with Crippen molar-refractivity contribution in [1.82, 2.24) is 15.1 Å². The van der Waals surface area contributed by atoms with Gasteiger partial charge in [-0.15, -0.1) is 0 Å². The largest absolute Gasteiger partial charge is 0.459 e. The van der Waals surface area contributed by atoms with Crippen molar-refractivity contribution in [3.8, 4) is 0 Å². The molecule has 0 unspecified atom stereocenters. The second kappa shape index (κ2) is 6.73. The van der Waals surface area contributed by atoms with E-state index in [0.29, 0.717) is 24.3 Å². The Hall–Kier alpha value is -1.98. The lowest BCUT2D eigenvalue weighted by Crippen LogP contribution is -2.53. The molecule has 6 nitrogen and oxygen atoms in total. The number of hydrogen-bond donors (Lipinski definition) is 1. The van der Waals surface area contributed by atoms with Gasteiger partial charge in [0.15, 0.2) is 11.7 Å². The Balaban J connectivity index is 1.34. The van der Waals surface area contributed by atoms with Crippen LogP contribution in [-0.2, 0) is 0 Å². The normalized spacial score (nSPS) is 22.8. The van der Waals surface area contributed by atoms with Gasteiger partial charge in [-0.2, -0.15) is 0 Å². The van der Waals surface area contributed by atoms with Crippen LogP contribution in [0.15, 0.2) is 27.8 Å². The Morgan fingerprint density at radius 2 is 2.00 bits per heavy atom. The predicted molar refractivity (Wildman–Crippen MR) is 96.6 cm³/mol. The Kier molecular flexibility index (Phi) is 4.44. The van der Waals surface area contributed by atoms with Crippen molar-refractivity contribution in [3.63, 3.8) is 0 Å². The summed E-state index contributed by atoms with van der Waals surface area (Å²) in [5.74, 6) is 2.35. The third-order valence-electron chi connectivity index (χ3n) is 5.81. The maximum Gasteiger partial charge on any atom is 0.289 e. The zero-order chi connectivity index (χ0) is 17.3. The number of carbonyl (C=O) groups is 1. The summed E-state index contributed by atoms with van der Waals surface area (Å²) in [7, 11) is 0. The summed E-state index contributed by atoms with van der Waals surface area (Å²) >= 11 is 0. The van der Waals surface area contributed by atoms with Crippen LogP contribution in [0.25, 0.3) is 0 Å². The van der Waals surface area contributed by atoms with E-state index in [4.69, 9.17) is 9.41 Å². The van der Waals surface area contributed by atoms with E-state index in [1.54, 1.807) is 18.4 Å². The van der Waals surface area contributed by atoms with Crippen LogP contribution in [0.3, 0.4) is 0 Å². The summed E-state index contributed by atoms with van der Waals surface area (Å²) in [6.07, 6.45) is 7.06. The van der Waals surface area contributed by atoms with Crippen LogP contribution in [-0.4, -0.2) is 60.9 Å². The van der Waals surface area contributed by atoms with Gasteiger partial charge in [0.05, 0.1) is 6.26 Å². The Morgan fingerprint density at radius 1 is 1.28 bits per heavy atom. The molecule has 2 saturated carbocycles. The highest BCUT2D eigenvalue weighted by Gasteiger charge is 2.53. The fraction of sp³-hybridized carbons (Fsp3) is 0.684. The standard InChI is InChI=1S/C19H28N4O2/c1-2-20-18(21-14-19(7-8-19)15-5-6-15)23-11-9-22(10-12-23)17(24)16-4-3-13-25-16/h3-4,13,15H,2,5-12,14H2,1H3,(H,20,21). The van der Waals surface area contributed by atoms with Crippen molar-refractivity contribution >= 4 is 11.9 Å². The van der Waals surface area contributed by atoms with E-state index >= 15 is 0 Å². The molecule has 0 radical (unpaired) electrons. The minimum absolute atomic E-state index is 0.0164. The third-order valence-corrected chi connectivity index (χ3v) is 5.81. The summed E-state index contributed by atoms with van der Waals surface area (Å²) in [6, 6.07) is 3.49. The SMILES string of the molecule is CCNC(=NCC1(C2CC2)CC1)N1CCN(C(=O)c2ccco2)CC1. The number of guanidine groups is 1. The van der Waals surface area contributed by atoms with Crippen LogP contribution in [0.2, 0.25) is 0 Å². The fourth-order valence-corrected chi connectivity index (χ4v) is 3.89. The maximum absolute atomic E-state index is 12.4. The quantitative estimate of drug-likeness (QED) is 0.657. The number of rotatable bonds is 5. The molecule has 136 valence electrons. The van der Waals surface area contributed by atoms with E-state index in [9.17, 15) is 4.79 Å². The monoisotopic (exact) mass is 344 g/mol. The van der Waals surface area contributed by atoms with Crippen molar-refractivity contribution in [2.24, 2.45) is 16.3 Å². The molecular weight excluding hydrogens is 316 g/mol. The maximum atomic E-state index is 12.4. The zero-order valence-corrected chi connectivity index (χ0v) is 15.0. The number of amides is 1. The van der Waals surface area contributed by atoms with E-state index in [1.807, 2.05) is 4.90 Å². The number of nitrogens with zero attached hydrogens (tertiary/aromatic N) is 3. The molecule has 1 aromatic rings. The van der Waals surface area contributed by atoms with Gasteiger partial charge in [0.1, 0.15) is 0 Å². The Bertz CT molecular complexity index is 624. The average molecular weight is 344 g/mol. The Labute approximate surface area is 149 Å². The molecule has 1 aromatic heterocycles. The van der Waals surface area contributed by atoms with E-state index in [-0.39, 0.29) is 5.91 Å². The molecule has 25 heavy (non-hydrogen) atoms. The lowest BCUT2D eigenvalue weighted by Gasteiger charge is -2.36. The molecule has 2 heterocycles. The topological polar surface area (TPSA) is 61.1 Å². The molecule has 1 N–H and O–H groups in total. The molecule has 0 spiro atoms. The van der Waals surface area contributed by atoms with Gasteiger partial charge in [-0.05, 0) is 56.1 Å². The lowest BCUT2D eigenvalue weighted by molar-refractivity contribution is 0.0657. The van der Waals surface area contributed by atoms with Crippen LogP contribution >= 0.6 is 0 Å². The van der Waals surface area contributed by atoms with Crippen molar-refractivity contribution in [1.29, 1.82) is 0 Å². The van der Waals surface area contributed by atoms with Gasteiger partial charge in [-0.3, -0.25) is 9.79 Å². The number of hydrogen-bond acceptors (Lipinski definition) is 3. The molecule has 1 saturated heterocycles. The highest BCUT2D eigenvalue weighted by atomic mass is 16.3. The smallest absolute Gasteiger partial charge is 0.289 e. The number of aliphatic imine (C=N–C) groups is 1. The first-order valence-corrected chi connectivity index (χ1v) is 9.58. The molecule has 0 bridgehead atoms. The van der Waals surface area contributed by atoms with Gasteiger partial charge in [0.25, 0.3) is 5.91 Å². The lowest BCUT2D eigenvalue weighted by atomic mass is 10.0. The van der Waals surface area contributed by atoms with Gasteiger partial charge >= 0.3 is 0 Å². The molecule has 0 aromatic carbocycles. The van der Waals surface area contributed by atoms with Crippen LogP contribution in [0.4, 0.5) is 0 Å². The second-order valence-electron chi connectivity index (χ2n) is 7.56. The summed E-state index contributed by atoms with van der Waals surface area (Å²) in [5.41, 5.74) is 0.526.